The molecule has 0 saturated carbocycles. The molecule has 4 amide bonds. The minimum absolute atomic E-state index is 0.0242. The number of sulfonamides is 1. The molecule has 4 N–H and O–H groups in total. The number of urea groups is 1. The van der Waals surface area contributed by atoms with Gasteiger partial charge in [-0.1, -0.05) is 12.1 Å². The lowest BCUT2D eigenvalue weighted by Gasteiger charge is -2.20. The Morgan fingerprint density at radius 3 is 2.23 bits per heavy atom. The highest BCUT2D eigenvalue weighted by molar-refractivity contribution is 7.89. The molecule has 26 heavy (non-hydrogen) atoms. The summed E-state index contributed by atoms with van der Waals surface area (Å²) in [5, 5.41) is 12.6. The van der Waals surface area contributed by atoms with Crippen LogP contribution < -0.4 is 15.4 Å². The van der Waals surface area contributed by atoms with Gasteiger partial charge in [0, 0.05) is 6.54 Å². The number of carbonyl (C=O) groups is 3. The van der Waals surface area contributed by atoms with Crippen LogP contribution in [0.3, 0.4) is 0 Å². The Hall–Kier alpha value is -2.34. The number of aliphatic hydroxyl groups excluding tert-OH is 1. The molecule has 1 saturated heterocycles. The predicted molar refractivity (Wildman–Crippen MR) is 88.4 cm³/mol. The van der Waals surface area contributed by atoms with Crippen molar-refractivity contribution in [3.8, 4) is 0 Å². The second-order valence-electron chi connectivity index (χ2n) is 5.44. The van der Waals surface area contributed by atoms with E-state index in [9.17, 15) is 22.8 Å². The Balaban J connectivity index is 1.96. The summed E-state index contributed by atoms with van der Waals surface area (Å²) < 4.78 is 31.6. The summed E-state index contributed by atoms with van der Waals surface area (Å²) in [6.45, 7) is 0.173. The second-order valence-corrected chi connectivity index (χ2v) is 7.21. The number of ether oxygens (including phenoxy) is 1. The highest BCUT2D eigenvalue weighted by Gasteiger charge is 2.34. The van der Waals surface area contributed by atoms with E-state index < -0.39 is 33.8 Å². The maximum Gasteiger partial charge on any atom is 0.328 e. The quantitative estimate of drug-likeness (QED) is 0.298. The molecule has 0 bridgehead atoms. The molecule has 0 spiro atoms. The van der Waals surface area contributed by atoms with Gasteiger partial charge in [-0.25, -0.2) is 17.9 Å². The van der Waals surface area contributed by atoms with Gasteiger partial charge in [0.25, 0.3) is 0 Å². The van der Waals surface area contributed by atoms with Gasteiger partial charge in [-0.15, -0.1) is 0 Å². The summed E-state index contributed by atoms with van der Waals surface area (Å²) in [6.07, 6.45) is 0.0354. The number of amides is 4. The summed E-state index contributed by atoms with van der Waals surface area (Å²) >= 11 is 0. The van der Waals surface area contributed by atoms with Crippen LogP contribution in [0.2, 0.25) is 0 Å². The molecule has 2 rings (SSSR count). The fourth-order valence-corrected chi connectivity index (χ4v) is 3.29. The molecule has 1 heterocycles. The number of imide groups is 2. The Morgan fingerprint density at radius 1 is 1.04 bits per heavy atom. The third-order valence-corrected chi connectivity index (χ3v) is 5.03. The topological polar surface area (TPSA) is 151 Å². The number of hydrogen-bond donors (Lipinski definition) is 4. The molecule has 0 radical (unpaired) electrons. The molecule has 1 fully saturated rings. The molecule has 1 aliphatic heterocycles. The molecule has 10 nitrogen and oxygen atoms in total. The number of nitrogens with one attached hydrogen (secondary N) is 3. The van der Waals surface area contributed by atoms with E-state index in [-0.39, 0.29) is 37.7 Å². The van der Waals surface area contributed by atoms with Crippen LogP contribution >= 0.6 is 0 Å². The number of barbiturate groups is 1. The zero-order valence-electron chi connectivity index (χ0n) is 13.7. The molecular weight excluding hydrogens is 366 g/mol. The Bertz CT molecular complexity index is 757. The SMILES string of the molecule is O=C1NC(=O)C(Cc2ccc(S(=O)(=O)NCCOCCO)cc2)C(=O)N1. The van der Waals surface area contributed by atoms with Crippen molar-refractivity contribution in [1.29, 1.82) is 0 Å². The van der Waals surface area contributed by atoms with Crippen molar-refractivity contribution in [2.75, 3.05) is 26.4 Å². The largest absolute Gasteiger partial charge is 0.394 e. The predicted octanol–water partition coefficient (Wildman–Crippen LogP) is -1.50. The van der Waals surface area contributed by atoms with E-state index in [1.54, 1.807) is 0 Å². The van der Waals surface area contributed by atoms with Crippen LogP contribution in [0, 0.1) is 5.92 Å². The lowest BCUT2D eigenvalue weighted by molar-refractivity contribution is -0.135. The van der Waals surface area contributed by atoms with Crippen molar-refractivity contribution in [2.45, 2.75) is 11.3 Å². The van der Waals surface area contributed by atoms with Crippen LogP contribution in [-0.2, 0) is 30.8 Å². The highest BCUT2D eigenvalue weighted by Crippen LogP contribution is 2.15. The molecule has 11 heteroatoms. The zero-order valence-corrected chi connectivity index (χ0v) is 14.5. The van der Waals surface area contributed by atoms with Gasteiger partial charge in [0.05, 0.1) is 24.7 Å². The average Bonchev–Trinajstić information content (AvgIpc) is 2.58. The van der Waals surface area contributed by atoms with E-state index >= 15 is 0 Å². The van der Waals surface area contributed by atoms with Crippen LogP contribution in [0.25, 0.3) is 0 Å². The first-order chi connectivity index (χ1) is 12.3. The summed E-state index contributed by atoms with van der Waals surface area (Å²) in [5.74, 6) is -2.45. The zero-order chi connectivity index (χ0) is 19.2. The second kappa shape index (κ2) is 8.85. The first-order valence-corrected chi connectivity index (χ1v) is 9.24. The Morgan fingerprint density at radius 2 is 1.65 bits per heavy atom. The molecule has 1 aliphatic rings. The normalized spacial score (nSPS) is 15.7. The highest BCUT2D eigenvalue weighted by atomic mass is 32.2. The molecule has 1 aromatic rings. The van der Waals surface area contributed by atoms with Gasteiger partial charge < -0.3 is 9.84 Å². The van der Waals surface area contributed by atoms with Crippen molar-refractivity contribution < 1.29 is 32.6 Å². The standard InChI is InChI=1S/C15H19N3O7S/c19-6-8-25-7-5-16-26(23,24)11-3-1-10(2-4-11)9-12-13(20)17-15(22)18-14(12)21/h1-4,12,16,19H,5-9H2,(H2,17,18,20,21,22). The molecule has 0 atom stereocenters. The summed E-state index contributed by atoms with van der Waals surface area (Å²) in [4.78, 5) is 34.5. The van der Waals surface area contributed by atoms with E-state index in [0.29, 0.717) is 5.56 Å². The van der Waals surface area contributed by atoms with Gasteiger partial charge in [0.2, 0.25) is 21.8 Å². The van der Waals surface area contributed by atoms with Crippen LogP contribution in [0.4, 0.5) is 4.79 Å². The third-order valence-electron chi connectivity index (χ3n) is 3.55. The average molecular weight is 385 g/mol. The van der Waals surface area contributed by atoms with Gasteiger partial charge in [-0.2, -0.15) is 0 Å². The van der Waals surface area contributed by atoms with Crippen molar-refractivity contribution in [1.82, 2.24) is 15.4 Å². The Kier molecular flexibility index (Phi) is 6.80. The fraction of sp³-hybridized carbons (Fsp3) is 0.400. The summed E-state index contributed by atoms with van der Waals surface area (Å²) in [7, 11) is -3.72. The third kappa shape index (κ3) is 5.33. The fourth-order valence-electron chi connectivity index (χ4n) is 2.27. The van der Waals surface area contributed by atoms with Crippen LogP contribution in [-0.4, -0.2) is 57.7 Å². The van der Waals surface area contributed by atoms with Gasteiger partial charge in [-0.3, -0.25) is 20.2 Å². The van der Waals surface area contributed by atoms with E-state index in [4.69, 9.17) is 9.84 Å². The van der Waals surface area contributed by atoms with E-state index in [2.05, 4.69) is 4.72 Å². The van der Waals surface area contributed by atoms with E-state index in [1.807, 2.05) is 10.6 Å². The van der Waals surface area contributed by atoms with Gasteiger partial charge >= 0.3 is 6.03 Å². The molecule has 142 valence electrons. The molecule has 0 aromatic heterocycles. The van der Waals surface area contributed by atoms with Gasteiger partial charge in [0.15, 0.2) is 0 Å². The van der Waals surface area contributed by atoms with Gasteiger partial charge in [-0.05, 0) is 24.1 Å². The molecular formula is C15H19N3O7S. The lowest BCUT2D eigenvalue weighted by Crippen LogP contribution is -2.56. The van der Waals surface area contributed by atoms with Crippen molar-refractivity contribution >= 4 is 27.9 Å². The van der Waals surface area contributed by atoms with E-state index in [0.717, 1.165) is 0 Å². The number of hydrogen-bond acceptors (Lipinski definition) is 7. The molecule has 0 unspecified atom stereocenters. The van der Waals surface area contributed by atoms with Crippen molar-refractivity contribution in [3.63, 3.8) is 0 Å². The number of benzene rings is 1. The number of aliphatic hydroxyl groups is 1. The van der Waals surface area contributed by atoms with Gasteiger partial charge in [0.1, 0.15) is 5.92 Å². The minimum atomic E-state index is -3.72. The summed E-state index contributed by atoms with van der Waals surface area (Å²) in [5.41, 5.74) is 0.569. The maximum atomic E-state index is 12.1. The van der Waals surface area contributed by atoms with Crippen LogP contribution in [0.15, 0.2) is 29.2 Å². The van der Waals surface area contributed by atoms with E-state index in [1.165, 1.54) is 24.3 Å². The monoisotopic (exact) mass is 385 g/mol. The maximum absolute atomic E-state index is 12.1. The lowest BCUT2D eigenvalue weighted by atomic mass is 9.96. The van der Waals surface area contributed by atoms with Crippen LogP contribution in [0.1, 0.15) is 5.56 Å². The molecule has 0 aliphatic carbocycles. The summed E-state index contributed by atoms with van der Waals surface area (Å²) in [6, 6.07) is 4.85. The van der Waals surface area contributed by atoms with Crippen LogP contribution in [0.5, 0.6) is 0 Å². The van der Waals surface area contributed by atoms with Crippen molar-refractivity contribution in [2.24, 2.45) is 5.92 Å². The smallest absolute Gasteiger partial charge is 0.328 e. The van der Waals surface area contributed by atoms with Crippen molar-refractivity contribution in [3.05, 3.63) is 29.8 Å². The number of rotatable bonds is 9. The first kappa shape index (κ1) is 20.0. The number of carbonyl (C=O) groups excluding carboxylic acids is 3. The first-order valence-electron chi connectivity index (χ1n) is 7.76. The Labute approximate surface area is 150 Å². The molecule has 1 aromatic carbocycles. The minimum Gasteiger partial charge on any atom is -0.394 e.